The van der Waals surface area contributed by atoms with Gasteiger partial charge in [0.2, 0.25) is 0 Å². The summed E-state index contributed by atoms with van der Waals surface area (Å²) in [6.45, 7) is 0. The highest BCUT2D eigenvalue weighted by Gasteiger charge is 2.05. The second-order valence-electron chi connectivity index (χ2n) is 3.71. The van der Waals surface area contributed by atoms with Crippen LogP contribution in [0, 0.1) is 0 Å². The molecule has 0 atom stereocenters. The second-order valence-corrected chi connectivity index (χ2v) is 3.71. The fourth-order valence-corrected chi connectivity index (χ4v) is 1.50. The number of amides is 1. The van der Waals surface area contributed by atoms with Crippen LogP contribution in [0.2, 0.25) is 0 Å². The molecule has 0 saturated carbocycles. The van der Waals surface area contributed by atoms with Gasteiger partial charge in [0.05, 0.1) is 0 Å². The van der Waals surface area contributed by atoms with Crippen molar-refractivity contribution in [2.75, 3.05) is 16.8 Å². The summed E-state index contributed by atoms with van der Waals surface area (Å²) >= 11 is 0. The van der Waals surface area contributed by atoms with Gasteiger partial charge in [-0.1, -0.05) is 12.1 Å². The van der Waals surface area contributed by atoms with Gasteiger partial charge in [0, 0.05) is 22.6 Å². The van der Waals surface area contributed by atoms with Crippen LogP contribution in [-0.4, -0.2) is 5.91 Å². The fraction of sp³-hybridized carbons (Fsp3) is 0. The van der Waals surface area contributed by atoms with Gasteiger partial charge in [-0.05, 0) is 36.4 Å². The van der Waals surface area contributed by atoms with Crippen molar-refractivity contribution in [2.24, 2.45) is 0 Å². The van der Waals surface area contributed by atoms with Crippen LogP contribution < -0.4 is 16.8 Å². The summed E-state index contributed by atoms with van der Waals surface area (Å²) in [6.07, 6.45) is 0. The standard InChI is InChI=1S/C13H13N3O/c14-10-4-1-3-9(7-10)13(17)16-12-6-2-5-11(15)8-12/h1-8H,14-15H2,(H,16,17). The minimum Gasteiger partial charge on any atom is -0.399 e. The molecule has 0 aromatic heterocycles. The maximum absolute atomic E-state index is 11.9. The Hall–Kier alpha value is -2.49. The van der Waals surface area contributed by atoms with Crippen LogP contribution in [0.4, 0.5) is 17.1 Å². The van der Waals surface area contributed by atoms with Crippen molar-refractivity contribution in [3.8, 4) is 0 Å². The van der Waals surface area contributed by atoms with Gasteiger partial charge in [0.15, 0.2) is 0 Å². The predicted molar refractivity (Wildman–Crippen MR) is 69.7 cm³/mol. The summed E-state index contributed by atoms with van der Waals surface area (Å²) in [5.74, 6) is -0.206. The summed E-state index contributed by atoms with van der Waals surface area (Å²) < 4.78 is 0. The zero-order valence-electron chi connectivity index (χ0n) is 9.18. The number of carbonyl (C=O) groups excluding carboxylic acids is 1. The van der Waals surface area contributed by atoms with Crippen molar-refractivity contribution in [1.29, 1.82) is 0 Å². The molecule has 0 radical (unpaired) electrons. The van der Waals surface area contributed by atoms with E-state index in [0.29, 0.717) is 22.6 Å². The highest BCUT2D eigenvalue weighted by atomic mass is 16.1. The van der Waals surface area contributed by atoms with Crippen molar-refractivity contribution >= 4 is 23.0 Å². The lowest BCUT2D eigenvalue weighted by atomic mass is 10.2. The van der Waals surface area contributed by atoms with Gasteiger partial charge in [-0.3, -0.25) is 4.79 Å². The van der Waals surface area contributed by atoms with E-state index in [2.05, 4.69) is 5.32 Å². The number of nitrogen functional groups attached to an aromatic ring is 2. The van der Waals surface area contributed by atoms with E-state index in [9.17, 15) is 4.79 Å². The first-order chi connectivity index (χ1) is 8.15. The molecule has 0 unspecified atom stereocenters. The minimum atomic E-state index is -0.206. The van der Waals surface area contributed by atoms with E-state index in [1.807, 2.05) is 0 Å². The molecule has 0 spiro atoms. The third-order valence-electron chi connectivity index (χ3n) is 2.29. The lowest BCUT2D eigenvalue weighted by molar-refractivity contribution is 0.102. The fourth-order valence-electron chi connectivity index (χ4n) is 1.50. The van der Waals surface area contributed by atoms with Crippen LogP contribution in [0.25, 0.3) is 0 Å². The van der Waals surface area contributed by atoms with Crippen molar-refractivity contribution in [3.05, 3.63) is 54.1 Å². The zero-order valence-corrected chi connectivity index (χ0v) is 9.18. The maximum Gasteiger partial charge on any atom is 0.255 e. The minimum absolute atomic E-state index is 0.206. The van der Waals surface area contributed by atoms with Crippen LogP contribution in [0.1, 0.15) is 10.4 Å². The van der Waals surface area contributed by atoms with Crippen LogP contribution in [0.15, 0.2) is 48.5 Å². The quantitative estimate of drug-likeness (QED) is 0.687. The Morgan fingerprint density at radius 3 is 2.24 bits per heavy atom. The Kier molecular flexibility index (Phi) is 2.96. The summed E-state index contributed by atoms with van der Waals surface area (Å²) in [6, 6.07) is 13.8. The molecule has 0 bridgehead atoms. The first-order valence-corrected chi connectivity index (χ1v) is 5.17. The van der Waals surface area contributed by atoms with Crippen molar-refractivity contribution in [2.45, 2.75) is 0 Å². The average Bonchev–Trinajstić information content (AvgIpc) is 2.29. The van der Waals surface area contributed by atoms with Crippen LogP contribution >= 0.6 is 0 Å². The number of hydrogen-bond acceptors (Lipinski definition) is 3. The second kappa shape index (κ2) is 4.57. The third-order valence-corrected chi connectivity index (χ3v) is 2.29. The Balaban J connectivity index is 2.17. The Morgan fingerprint density at radius 2 is 1.59 bits per heavy atom. The molecule has 0 fully saturated rings. The molecular weight excluding hydrogens is 214 g/mol. The van der Waals surface area contributed by atoms with E-state index in [1.165, 1.54) is 0 Å². The molecule has 0 heterocycles. The van der Waals surface area contributed by atoms with Crippen molar-refractivity contribution < 1.29 is 4.79 Å². The van der Waals surface area contributed by atoms with Gasteiger partial charge in [0.25, 0.3) is 5.91 Å². The van der Waals surface area contributed by atoms with Gasteiger partial charge in [-0.25, -0.2) is 0 Å². The lowest BCUT2D eigenvalue weighted by Gasteiger charge is -2.06. The topological polar surface area (TPSA) is 81.1 Å². The zero-order chi connectivity index (χ0) is 12.3. The SMILES string of the molecule is Nc1cccc(NC(=O)c2cccc(N)c2)c1. The largest absolute Gasteiger partial charge is 0.399 e. The number of anilines is 3. The van der Waals surface area contributed by atoms with E-state index in [4.69, 9.17) is 11.5 Å². The smallest absolute Gasteiger partial charge is 0.255 e. The van der Waals surface area contributed by atoms with Gasteiger partial charge >= 0.3 is 0 Å². The highest BCUT2D eigenvalue weighted by Crippen LogP contribution is 2.14. The van der Waals surface area contributed by atoms with E-state index in [1.54, 1.807) is 48.5 Å². The molecule has 0 aliphatic heterocycles. The molecule has 17 heavy (non-hydrogen) atoms. The van der Waals surface area contributed by atoms with Gasteiger partial charge in [-0.15, -0.1) is 0 Å². The Morgan fingerprint density at radius 1 is 0.941 bits per heavy atom. The van der Waals surface area contributed by atoms with Crippen molar-refractivity contribution in [1.82, 2.24) is 0 Å². The van der Waals surface area contributed by atoms with Crippen LogP contribution in [0.5, 0.6) is 0 Å². The normalized spacial score (nSPS) is 9.88. The molecule has 86 valence electrons. The number of nitrogens with two attached hydrogens (primary N) is 2. The Bertz CT molecular complexity index is 552. The summed E-state index contributed by atoms with van der Waals surface area (Å²) in [7, 11) is 0. The molecule has 1 amide bonds. The molecule has 2 aromatic carbocycles. The molecule has 0 aliphatic rings. The number of rotatable bonds is 2. The Labute approximate surface area is 99.2 Å². The first-order valence-electron chi connectivity index (χ1n) is 5.17. The number of hydrogen-bond donors (Lipinski definition) is 3. The van der Waals surface area contributed by atoms with Gasteiger partial charge in [-0.2, -0.15) is 0 Å². The summed E-state index contributed by atoms with van der Waals surface area (Å²) in [5, 5.41) is 2.75. The van der Waals surface area contributed by atoms with E-state index in [0.717, 1.165) is 0 Å². The van der Waals surface area contributed by atoms with Crippen molar-refractivity contribution in [3.63, 3.8) is 0 Å². The third kappa shape index (κ3) is 2.75. The van der Waals surface area contributed by atoms with Gasteiger partial charge < -0.3 is 16.8 Å². The highest BCUT2D eigenvalue weighted by molar-refractivity contribution is 6.04. The molecule has 0 aliphatic carbocycles. The van der Waals surface area contributed by atoms with E-state index < -0.39 is 0 Å². The van der Waals surface area contributed by atoms with E-state index >= 15 is 0 Å². The average molecular weight is 227 g/mol. The molecule has 2 aromatic rings. The van der Waals surface area contributed by atoms with Crippen LogP contribution in [0.3, 0.4) is 0 Å². The lowest BCUT2D eigenvalue weighted by Crippen LogP contribution is -2.12. The molecule has 0 saturated heterocycles. The van der Waals surface area contributed by atoms with Gasteiger partial charge in [0.1, 0.15) is 0 Å². The molecule has 5 N–H and O–H groups in total. The summed E-state index contributed by atoms with van der Waals surface area (Å²) in [4.78, 5) is 11.9. The molecular formula is C13H13N3O. The number of benzene rings is 2. The molecule has 4 heteroatoms. The monoisotopic (exact) mass is 227 g/mol. The number of nitrogens with one attached hydrogen (secondary N) is 1. The number of carbonyl (C=O) groups is 1. The first kappa shape index (κ1) is 11.0. The van der Waals surface area contributed by atoms with E-state index in [-0.39, 0.29) is 5.91 Å². The maximum atomic E-state index is 11.9. The molecule has 4 nitrogen and oxygen atoms in total. The summed E-state index contributed by atoms with van der Waals surface area (Å²) in [5.41, 5.74) is 13.6. The predicted octanol–water partition coefficient (Wildman–Crippen LogP) is 2.10. The van der Waals surface area contributed by atoms with Crippen LogP contribution in [-0.2, 0) is 0 Å². The molecule has 2 rings (SSSR count).